The molecule has 1 saturated heterocycles. The van der Waals surface area contributed by atoms with E-state index in [1.807, 2.05) is 0 Å². The van der Waals surface area contributed by atoms with E-state index in [0.717, 1.165) is 38.5 Å². The molecule has 0 amide bonds. The Bertz CT molecular complexity index is 1340. The minimum absolute atomic E-state index is 0.0245. The van der Waals surface area contributed by atoms with Gasteiger partial charge in [-0.05, 0) is 111 Å². The van der Waals surface area contributed by atoms with Crippen LogP contribution in [-0.2, 0) is 28.6 Å². The van der Waals surface area contributed by atoms with Gasteiger partial charge in [-0.25, -0.2) is 0 Å². The van der Waals surface area contributed by atoms with Crippen LogP contribution in [-0.4, -0.2) is 75.6 Å². The van der Waals surface area contributed by atoms with Crippen molar-refractivity contribution in [3.05, 3.63) is 11.6 Å². The number of aliphatic carboxylic acids is 2. The van der Waals surface area contributed by atoms with Crippen molar-refractivity contribution >= 4 is 17.9 Å². The van der Waals surface area contributed by atoms with Crippen molar-refractivity contribution < 1.29 is 49.0 Å². The third kappa shape index (κ3) is 4.89. The van der Waals surface area contributed by atoms with Crippen molar-refractivity contribution in [2.24, 2.45) is 50.2 Å². The Morgan fingerprint density at radius 1 is 0.872 bits per heavy atom. The van der Waals surface area contributed by atoms with Crippen molar-refractivity contribution in [2.45, 2.75) is 143 Å². The Labute approximate surface area is 278 Å². The largest absolute Gasteiger partial charge is 0.481 e. The third-order valence-electron chi connectivity index (χ3n) is 15.3. The summed E-state index contributed by atoms with van der Waals surface area (Å²) in [6, 6.07) is 0. The standard InChI is InChI=1S/C37H56O10/c1-20(38)46-28-27(40)23(39)19-45-29(28)47-26-11-12-34(5)24(32(26,2)3)10-13-36(7)25(34)9-8-21-22-18-33(4,30(41)42)14-16-37(22,31(43)44)17-15-35(21,36)6/h8,22-29,39-40H,9-19H2,1-7H3,(H,41,42)(H,43,44)/t22?,23-,24?,25?,26?,27+,28-,29+,33-,34?,35-,36?,37?/m1/s1. The Balaban J connectivity index is 1.30. The first-order valence-electron chi connectivity index (χ1n) is 17.7. The minimum atomic E-state index is -1.30. The van der Waals surface area contributed by atoms with Gasteiger partial charge >= 0.3 is 17.9 Å². The van der Waals surface area contributed by atoms with Crippen molar-refractivity contribution in [3.63, 3.8) is 0 Å². The molecular weight excluding hydrogens is 604 g/mol. The molecule has 264 valence electrons. The smallest absolute Gasteiger partial charge is 0.310 e. The van der Waals surface area contributed by atoms with E-state index < -0.39 is 53.3 Å². The topological polar surface area (TPSA) is 160 Å². The van der Waals surface area contributed by atoms with Crippen LogP contribution in [0.4, 0.5) is 0 Å². The van der Waals surface area contributed by atoms with Crippen LogP contribution in [0, 0.1) is 50.2 Å². The van der Waals surface area contributed by atoms with Gasteiger partial charge in [0.25, 0.3) is 0 Å². The monoisotopic (exact) mass is 660 g/mol. The zero-order chi connectivity index (χ0) is 34.5. The van der Waals surface area contributed by atoms with E-state index in [4.69, 9.17) is 14.2 Å². The van der Waals surface area contributed by atoms with Gasteiger partial charge in [0.2, 0.25) is 0 Å². The summed E-state index contributed by atoms with van der Waals surface area (Å²) in [5, 5.41) is 41.7. The van der Waals surface area contributed by atoms with Crippen LogP contribution >= 0.6 is 0 Å². The van der Waals surface area contributed by atoms with Crippen LogP contribution in [0.2, 0.25) is 0 Å². The first-order chi connectivity index (χ1) is 21.8. The first kappa shape index (κ1) is 34.8. The molecule has 10 heteroatoms. The summed E-state index contributed by atoms with van der Waals surface area (Å²) >= 11 is 0. The van der Waals surface area contributed by atoms with Crippen LogP contribution in [0.5, 0.6) is 0 Å². The highest BCUT2D eigenvalue weighted by Crippen LogP contribution is 2.76. The molecule has 0 aromatic heterocycles. The predicted octanol–water partition coefficient (Wildman–Crippen LogP) is 5.33. The maximum atomic E-state index is 13.0. The van der Waals surface area contributed by atoms with Crippen LogP contribution in [0.1, 0.15) is 113 Å². The molecule has 4 N–H and O–H groups in total. The number of rotatable bonds is 5. The van der Waals surface area contributed by atoms with Gasteiger partial charge in [-0.2, -0.15) is 0 Å². The summed E-state index contributed by atoms with van der Waals surface area (Å²) < 4.78 is 17.8. The van der Waals surface area contributed by atoms with Crippen molar-refractivity contribution in [1.82, 2.24) is 0 Å². The number of carboxylic acids is 2. The molecule has 0 aromatic rings. The van der Waals surface area contributed by atoms with Gasteiger partial charge in [0.15, 0.2) is 12.4 Å². The molecular formula is C37H56O10. The molecule has 0 aromatic carbocycles. The fraction of sp³-hybridized carbons (Fsp3) is 0.865. The lowest BCUT2D eigenvalue weighted by molar-refractivity contribution is -0.310. The predicted molar refractivity (Wildman–Crippen MR) is 171 cm³/mol. The molecule has 1 heterocycles. The molecule has 5 fully saturated rings. The van der Waals surface area contributed by atoms with E-state index >= 15 is 0 Å². The van der Waals surface area contributed by atoms with Gasteiger partial charge in [0.05, 0.1) is 23.5 Å². The number of aliphatic hydroxyl groups is 2. The highest BCUT2D eigenvalue weighted by atomic mass is 16.7. The molecule has 4 saturated carbocycles. The maximum Gasteiger partial charge on any atom is 0.310 e. The fourth-order valence-corrected chi connectivity index (χ4v) is 12.2. The Kier molecular flexibility index (Phi) is 8.34. The van der Waals surface area contributed by atoms with Crippen molar-refractivity contribution in [1.29, 1.82) is 0 Å². The molecule has 6 rings (SSSR count). The lowest BCUT2D eigenvalue weighted by Crippen LogP contribution is -2.66. The van der Waals surface area contributed by atoms with E-state index in [1.54, 1.807) is 6.92 Å². The van der Waals surface area contributed by atoms with Crippen LogP contribution in [0.3, 0.4) is 0 Å². The normalized spacial score (nSPS) is 50.4. The average Bonchev–Trinajstić information content (AvgIpc) is 2.98. The summed E-state index contributed by atoms with van der Waals surface area (Å²) in [7, 11) is 0. The Morgan fingerprint density at radius 3 is 2.19 bits per heavy atom. The number of fused-ring (bicyclic) bond motifs is 7. The molecule has 10 nitrogen and oxygen atoms in total. The third-order valence-corrected chi connectivity index (χ3v) is 15.3. The van der Waals surface area contributed by atoms with Crippen molar-refractivity contribution in [2.75, 3.05) is 6.61 Å². The van der Waals surface area contributed by atoms with E-state index in [0.29, 0.717) is 37.5 Å². The van der Waals surface area contributed by atoms with Gasteiger partial charge in [0, 0.05) is 6.92 Å². The highest BCUT2D eigenvalue weighted by molar-refractivity contribution is 5.79. The fourth-order valence-electron chi connectivity index (χ4n) is 12.2. The summed E-state index contributed by atoms with van der Waals surface area (Å²) in [6.07, 6.45) is 4.54. The summed E-state index contributed by atoms with van der Waals surface area (Å²) in [5.41, 5.74) is -1.26. The maximum absolute atomic E-state index is 13.0. The number of carbonyl (C=O) groups excluding carboxylic acids is 1. The molecule has 1 aliphatic heterocycles. The molecule has 0 spiro atoms. The molecule has 7 unspecified atom stereocenters. The molecule has 47 heavy (non-hydrogen) atoms. The summed E-state index contributed by atoms with van der Waals surface area (Å²) in [4.78, 5) is 37.3. The molecule has 0 radical (unpaired) electrons. The number of esters is 1. The number of hydrogen-bond donors (Lipinski definition) is 4. The molecule has 6 aliphatic rings. The molecule has 5 aliphatic carbocycles. The number of allylic oxidation sites excluding steroid dienone is 2. The van der Waals surface area contributed by atoms with Gasteiger partial charge < -0.3 is 34.6 Å². The van der Waals surface area contributed by atoms with E-state index in [9.17, 15) is 34.8 Å². The zero-order valence-corrected chi connectivity index (χ0v) is 29.2. The molecule has 0 bridgehead atoms. The number of ether oxygens (including phenoxy) is 3. The van der Waals surface area contributed by atoms with Crippen molar-refractivity contribution in [3.8, 4) is 0 Å². The zero-order valence-electron chi connectivity index (χ0n) is 29.2. The lowest BCUT2D eigenvalue weighted by atomic mass is 9.33. The second kappa shape index (κ2) is 11.3. The summed E-state index contributed by atoms with van der Waals surface area (Å²) in [6.45, 7) is 14.7. The van der Waals surface area contributed by atoms with E-state index in [-0.39, 0.29) is 40.3 Å². The number of carbonyl (C=O) groups is 3. The number of aliphatic hydroxyl groups excluding tert-OH is 2. The van der Waals surface area contributed by atoms with Gasteiger partial charge in [-0.15, -0.1) is 0 Å². The number of carboxylic acid groups (broad SMARTS) is 2. The van der Waals surface area contributed by atoms with E-state index in [1.165, 1.54) is 12.5 Å². The van der Waals surface area contributed by atoms with Gasteiger partial charge in [0.1, 0.15) is 12.2 Å². The number of hydrogen-bond acceptors (Lipinski definition) is 8. The van der Waals surface area contributed by atoms with E-state index in [2.05, 4.69) is 40.7 Å². The van der Waals surface area contributed by atoms with Crippen LogP contribution < -0.4 is 0 Å². The highest BCUT2D eigenvalue weighted by Gasteiger charge is 2.70. The SMILES string of the molecule is CC(=O)O[C@H]1[C@H](OC2CCC3(C)C(CCC4(C)C3CC=C3C5C[C@](C)(C(=O)O)CCC5(C(=O)O)CC[C@]34C)C2(C)C)OC[C@@H](O)[C@@H]1O. The second-order valence-electron chi connectivity index (χ2n) is 17.7. The van der Waals surface area contributed by atoms with Crippen LogP contribution in [0.15, 0.2) is 11.6 Å². The minimum Gasteiger partial charge on any atom is -0.481 e. The Hall–Kier alpha value is -2.01. The second-order valence-corrected chi connectivity index (χ2v) is 17.7. The van der Waals surface area contributed by atoms with Gasteiger partial charge in [-0.1, -0.05) is 46.3 Å². The average molecular weight is 661 g/mol. The first-order valence-corrected chi connectivity index (χ1v) is 17.7. The Morgan fingerprint density at radius 2 is 1.55 bits per heavy atom. The quantitative estimate of drug-likeness (QED) is 0.172. The van der Waals surface area contributed by atoms with Crippen LogP contribution in [0.25, 0.3) is 0 Å². The lowest BCUT2D eigenvalue weighted by Gasteiger charge is -2.71. The van der Waals surface area contributed by atoms with Gasteiger partial charge in [-0.3, -0.25) is 14.4 Å². The summed E-state index contributed by atoms with van der Waals surface area (Å²) in [5.74, 6) is -1.81. The molecule has 13 atom stereocenters.